The minimum atomic E-state index is -0.269. The van der Waals surface area contributed by atoms with Crippen molar-refractivity contribution < 1.29 is 4.79 Å². The lowest BCUT2D eigenvalue weighted by atomic mass is 9.95. The van der Waals surface area contributed by atoms with E-state index in [1.54, 1.807) is 4.52 Å². The van der Waals surface area contributed by atoms with Crippen molar-refractivity contribution in [1.82, 2.24) is 24.9 Å². The number of rotatable bonds is 6. The van der Waals surface area contributed by atoms with Crippen molar-refractivity contribution in [2.24, 2.45) is 11.7 Å². The number of fused-ring (bicyclic) bond motifs is 1. The van der Waals surface area contributed by atoms with Crippen LogP contribution in [-0.4, -0.2) is 37.6 Å². The van der Waals surface area contributed by atoms with E-state index in [0.717, 1.165) is 29.8 Å². The van der Waals surface area contributed by atoms with E-state index in [9.17, 15) is 4.79 Å². The zero-order valence-electron chi connectivity index (χ0n) is 14.4. The lowest BCUT2D eigenvalue weighted by molar-refractivity contribution is -0.123. The Hall–Kier alpha value is -1.73. The van der Waals surface area contributed by atoms with Crippen molar-refractivity contribution in [3.05, 3.63) is 23.3 Å². The minimum Gasteiger partial charge on any atom is -0.349 e. The molecular formula is C16H25ClN6O. The predicted molar refractivity (Wildman–Crippen MR) is 94.2 cm³/mol. The van der Waals surface area contributed by atoms with Crippen LogP contribution in [0.5, 0.6) is 0 Å². The maximum Gasteiger partial charge on any atom is 0.252 e. The summed E-state index contributed by atoms with van der Waals surface area (Å²) in [5.74, 6) is 1.16. The van der Waals surface area contributed by atoms with Crippen LogP contribution in [0.2, 0.25) is 0 Å². The Labute approximate surface area is 147 Å². The third kappa shape index (κ3) is 3.52. The SMILES string of the molecule is Cc1nc2ncnn2c(C)c1CCC(=O)NC(C)(CN)C1CC1.Cl. The highest BCUT2D eigenvalue weighted by Crippen LogP contribution is 2.39. The van der Waals surface area contributed by atoms with Crippen LogP contribution in [0.3, 0.4) is 0 Å². The molecule has 24 heavy (non-hydrogen) atoms. The molecule has 1 unspecified atom stereocenters. The molecule has 0 aromatic carbocycles. The van der Waals surface area contributed by atoms with Gasteiger partial charge < -0.3 is 11.1 Å². The number of halogens is 1. The van der Waals surface area contributed by atoms with Crippen molar-refractivity contribution >= 4 is 24.1 Å². The quantitative estimate of drug-likeness (QED) is 0.817. The number of aryl methyl sites for hydroxylation is 2. The number of carbonyl (C=O) groups excluding carboxylic acids is 1. The summed E-state index contributed by atoms with van der Waals surface area (Å²) < 4.78 is 1.72. The molecule has 2 aromatic heterocycles. The van der Waals surface area contributed by atoms with Gasteiger partial charge >= 0.3 is 0 Å². The summed E-state index contributed by atoms with van der Waals surface area (Å²) in [5, 5.41) is 7.30. The average molecular weight is 353 g/mol. The molecule has 2 heterocycles. The number of aromatic nitrogens is 4. The van der Waals surface area contributed by atoms with E-state index in [-0.39, 0.29) is 23.9 Å². The minimum absolute atomic E-state index is 0. The zero-order chi connectivity index (χ0) is 16.6. The van der Waals surface area contributed by atoms with Gasteiger partial charge in [-0.3, -0.25) is 4.79 Å². The van der Waals surface area contributed by atoms with Gasteiger partial charge in [0.05, 0.1) is 5.54 Å². The second kappa shape index (κ2) is 7.03. The lowest BCUT2D eigenvalue weighted by Gasteiger charge is -2.29. The molecule has 1 saturated carbocycles. The molecule has 0 aliphatic heterocycles. The van der Waals surface area contributed by atoms with Crippen LogP contribution in [0.4, 0.5) is 0 Å². The molecule has 2 aromatic rings. The third-order valence-electron chi connectivity index (χ3n) is 4.92. The number of nitrogens with zero attached hydrogens (tertiary/aromatic N) is 4. The van der Waals surface area contributed by atoms with Crippen molar-refractivity contribution in [2.75, 3.05) is 6.54 Å². The van der Waals surface area contributed by atoms with Crippen LogP contribution >= 0.6 is 12.4 Å². The molecule has 0 saturated heterocycles. The van der Waals surface area contributed by atoms with Crippen LogP contribution in [0.1, 0.15) is 43.1 Å². The summed E-state index contributed by atoms with van der Waals surface area (Å²) in [5.41, 5.74) is 8.53. The van der Waals surface area contributed by atoms with Crippen molar-refractivity contribution in [2.45, 2.75) is 52.0 Å². The topological polar surface area (TPSA) is 98.2 Å². The molecule has 1 amide bonds. The highest BCUT2D eigenvalue weighted by atomic mass is 35.5. The molecule has 3 rings (SSSR count). The molecule has 1 aliphatic carbocycles. The predicted octanol–water partition coefficient (Wildman–Crippen LogP) is 1.34. The second-order valence-corrected chi connectivity index (χ2v) is 6.68. The molecule has 0 bridgehead atoms. The lowest BCUT2D eigenvalue weighted by Crippen LogP contribution is -2.53. The Bertz CT molecular complexity index is 741. The fourth-order valence-electron chi connectivity index (χ4n) is 3.18. The fourth-order valence-corrected chi connectivity index (χ4v) is 3.18. The highest BCUT2D eigenvalue weighted by molar-refractivity contribution is 5.85. The van der Waals surface area contributed by atoms with Gasteiger partial charge in [-0.15, -0.1) is 12.4 Å². The largest absolute Gasteiger partial charge is 0.349 e. The molecule has 8 heteroatoms. The molecule has 1 fully saturated rings. The first kappa shape index (κ1) is 18.6. The molecule has 3 N–H and O–H groups in total. The molecule has 0 radical (unpaired) electrons. The standard InChI is InChI=1S/C16H24N6O.ClH/c1-10-13(11(2)22-15(20-10)18-9-19-22)6-7-14(23)21-16(3,8-17)12-4-5-12;/h9,12H,4-8,17H2,1-3H3,(H,21,23);1H. The number of nitrogens with one attached hydrogen (secondary N) is 1. The van der Waals surface area contributed by atoms with Gasteiger partial charge in [-0.25, -0.2) is 9.50 Å². The van der Waals surface area contributed by atoms with Crippen molar-refractivity contribution in [3.8, 4) is 0 Å². The van der Waals surface area contributed by atoms with E-state index < -0.39 is 0 Å². The molecule has 0 spiro atoms. The average Bonchev–Trinajstić information content (AvgIpc) is 3.27. The Balaban J connectivity index is 0.00000208. The van der Waals surface area contributed by atoms with E-state index in [1.165, 1.54) is 6.33 Å². The Kier molecular flexibility index (Phi) is 5.45. The monoisotopic (exact) mass is 352 g/mol. The van der Waals surface area contributed by atoms with Gasteiger partial charge in [-0.2, -0.15) is 10.1 Å². The zero-order valence-corrected chi connectivity index (χ0v) is 15.2. The Morgan fingerprint density at radius 1 is 1.46 bits per heavy atom. The molecule has 1 aliphatic rings. The summed E-state index contributed by atoms with van der Waals surface area (Å²) in [6.45, 7) is 6.46. The maximum absolute atomic E-state index is 12.3. The van der Waals surface area contributed by atoms with Crippen molar-refractivity contribution in [1.29, 1.82) is 0 Å². The normalized spacial score (nSPS) is 16.5. The molecule has 132 valence electrons. The first-order valence-corrected chi connectivity index (χ1v) is 8.11. The van der Waals surface area contributed by atoms with Gasteiger partial charge in [0.1, 0.15) is 6.33 Å². The molecular weight excluding hydrogens is 328 g/mol. The van der Waals surface area contributed by atoms with Gasteiger partial charge in [0.2, 0.25) is 5.91 Å². The van der Waals surface area contributed by atoms with Crippen LogP contribution in [-0.2, 0) is 11.2 Å². The summed E-state index contributed by atoms with van der Waals surface area (Å²) in [4.78, 5) is 20.9. The highest BCUT2D eigenvalue weighted by Gasteiger charge is 2.41. The first-order valence-electron chi connectivity index (χ1n) is 8.11. The number of nitrogens with two attached hydrogens (primary N) is 1. The molecule has 7 nitrogen and oxygen atoms in total. The van der Waals surface area contributed by atoms with E-state index in [4.69, 9.17) is 5.73 Å². The number of hydrogen-bond donors (Lipinski definition) is 2. The van der Waals surface area contributed by atoms with Gasteiger partial charge in [-0.1, -0.05) is 0 Å². The first-order chi connectivity index (χ1) is 10.9. The van der Waals surface area contributed by atoms with Gasteiger partial charge in [0.25, 0.3) is 5.78 Å². The Morgan fingerprint density at radius 3 is 2.79 bits per heavy atom. The van der Waals surface area contributed by atoms with Gasteiger partial charge in [0, 0.05) is 24.4 Å². The van der Waals surface area contributed by atoms with E-state index >= 15 is 0 Å². The smallest absolute Gasteiger partial charge is 0.252 e. The maximum atomic E-state index is 12.3. The van der Waals surface area contributed by atoms with Crippen LogP contribution < -0.4 is 11.1 Å². The summed E-state index contributed by atoms with van der Waals surface area (Å²) in [7, 11) is 0. The van der Waals surface area contributed by atoms with Crippen LogP contribution in [0, 0.1) is 19.8 Å². The number of amides is 1. The summed E-state index contributed by atoms with van der Waals surface area (Å²) in [6.07, 6.45) is 4.86. The fraction of sp³-hybridized carbons (Fsp3) is 0.625. The van der Waals surface area contributed by atoms with Crippen LogP contribution in [0.25, 0.3) is 5.78 Å². The number of hydrogen-bond acceptors (Lipinski definition) is 5. The van der Waals surface area contributed by atoms with Crippen molar-refractivity contribution in [3.63, 3.8) is 0 Å². The van der Waals surface area contributed by atoms with E-state index in [2.05, 4.69) is 20.4 Å². The second-order valence-electron chi connectivity index (χ2n) is 6.68. The number of carbonyl (C=O) groups is 1. The van der Waals surface area contributed by atoms with Gasteiger partial charge in [-0.05, 0) is 51.5 Å². The summed E-state index contributed by atoms with van der Waals surface area (Å²) in [6, 6.07) is 0. The Morgan fingerprint density at radius 2 is 2.17 bits per heavy atom. The van der Waals surface area contributed by atoms with Gasteiger partial charge in [0.15, 0.2) is 0 Å². The third-order valence-corrected chi connectivity index (χ3v) is 4.92. The van der Waals surface area contributed by atoms with E-state index in [0.29, 0.717) is 31.1 Å². The van der Waals surface area contributed by atoms with Crippen LogP contribution in [0.15, 0.2) is 6.33 Å². The summed E-state index contributed by atoms with van der Waals surface area (Å²) >= 11 is 0. The van der Waals surface area contributed by atoms with E-state index in [1.807, 2.05) is 20.8 Å². The molecule has 1 atom stereocenters.